The number of nitrogens with zero attached hydrogens (tertiary/aromatic N) is 1. The average Bonchev–Trinajstić information content (AvgIpc) is 2.08. The Kier molecular flexibility index (Phi) is 7.05. The smallest absolute Gasteiger partial charge is 0.00768 e. The molecule has 0 aromatic heterocycles. The van der Waals surface area contributed by atoms with Crippen molar-refractivity contribution in [3.63, 3.8) is 0 Å². The van der Waals surface area contributed by atoms with Gasteiger partial charge in [-0.1, -0.05) is 50.0 Å². The van der Waals surface area contributed by atoms with E-state index in [9.17, 15) is 0 Å². The molecule has 1 nitrogen and oxygen atoms in total. The topological polar surface area (TPSA) is 3.24 Å². The van der Waals surface area contributed by atoms with Gasteiger partial charge in [0.15, 0.2) is 0 Å². The predicted octanol–water partition coefficient (Wildman–Crippen LogP) is 3.78. The van der Waals surface area contributed by atoms with Crippen LogP contribution in [-0.4, -0.2) is 30.4 Å². The highest BCUT2D eigenvalue weighted by Gasteiger charge is 2.24. The third kappa shape index (κ3) is 6.02. The summed E-state index contributed by atoms with van der Waals surface area (Å²) in [5.74, 6) is 0.740. The van der Waals surface area contributed by atoms with Crippen LogP contribution in [0, 0.1) is 11.3 Å². The molecule has 0 aromatic rings. The quantitative estimate of drug-likeness (QED) is 0.660. The Bertz CT molecular complexity index is 140. The van der Waals surface area contributed by atoms with Crippen molar-refractivity contribution in [3.05, 3.63) is 0 Å². The minimum atomic E-state index is 0.407. The molecule has 86 valence electrons. The molecule has 0 aliphatic rings. The van der Waals surface area contributed by atoms with Crippen LogP contribution in [0.5, 0.6) is 0 Å². The molecule has 0 fully saturated rings. The van der Waals surface area contributed by atoms with E-state index in [2.05, 4.69) is 55.6 Å². The summed E-state index contributed by atoms with van der Waals surface area (Å²) in [6, 6.07) is 0. The van der Waals surface area contributed by atoms with E-state index in [1.807, 2.05) is 0 Å². The molecule has 2 heteroatoms. The summed E-state index contributed by atoms with van der Waals surface area (Å²) < 4.78 is 0. The van der Waals surface area contributed by atoms with Gasteiger partial charge in [-0.05, 0) is 31.3 Å². The van der Waals surface area contributed by atoms with E-state index >= 15 is 0 Å². The molecule has 0 aliphatic heterocycles. The lowest BCUT2D eigenvalue weighted by Gasteiger charge is -2.32. The molecule has 0 aliphatic carbocycles. The molecule has 0 bridgehead atoms. The Hall–Kier alpha value is 0.440. The van der Waals surface area contributed by atoms with Crippen molar-refractivity contribution in [2.75, 3.05) is 25.5 Å². The first-order valence-electron chi connectivity index (χ1n) is 5.66. The summed E-state index contributed by atoms with van der Waals surface area (Å²) >= 11 is 3.62. The molecule has 14 heavy (non-hydrogen) atoms. The summed E-state index contributed by atoms with van der Waals surface area (Å²) in [5, 5.41) is 1.10. The Morgan fingerprint density at radius 3 is 2.21 bits per heavy atom. The van der Waals surface area contributed by atoms with E-state index in [-0.39, 0.29) is 0 Å². The van der Waals surface area contributed by atoms with Crippen LogP contribution < -0.4 is 0 Å². The molecule has 0 aromatic carbocycles. The molecule has 0 saturated heterocycles. The minimum absolute atomic E-state index is 0.407. The van der Waals surface area contributed by atoms with Gasteiger partial charge in [0.25, 0.3) is 0 Å². The lowest BCUT2D eigenvalue weighted by Crippen LogP contribution is -2.34. The maximum atomic E-state index is 3.62. The van der Waals surface area contributed by atoms with Gasteiger partial charge in [-0.25, -0.2) is 0 Å². The van der Waals surface area contributed by atoms with E-state index in [1.54, 1.807) is 0 Å². The zero-order valence-corrected chi connectivity index (χ0v) is 12.0. The second-order valence-electron chi connectivity index (χ2n) is 5.33. The fraction of sp³-hybridized carbons (Fsp3) is 1.00. The molecule has 0 saturated carbocycles. The normalized spacial score (nSPS) is 14.8. The Morgan fingerprint density at radius 2 is 1.86 bits per heavy atom. The van der Waals surface area contributed by atoms with Crippen molar-refractivity contribution in [1.29, 1.82) is 0 Å². The van der Waals surface area contributed by atoms with Crippen molar-refractivity contribution >= 4 is 15.9 Å². The maximum absolute atomic E-state index is 3.62. The second kappa shape index (κ2) is 6.84. The molecule has 0 rings (SSSR count). The maximum Gasteiger partial charge on any atom is 0.00768 e. The Morgan fingerprint density at radius 1 is 1.29 bits per heavy atom. The first-order chi connectivity index (χ1) is 6.41. The molecule has 1 atom stereocenters. The third-order valence-corrected chi connectivity index (χ3v) is 3.62. The number of halogens is 1. The number of hydrogen-bond acceptors (Lipinski definition) is 1. The summed E-state index contributed by atoms with van der Waals surface area (Å²) in [4.78, 5) is 2.46. The monoisotopic (exact) mass is 263 g/mol. The van der Waals surface area contributed by atoms with Crippen LogP contribution in [0.3, 0.4) is 0 Å². The van der Waals surface area contributed by atoms with Crippen LogP contribution in [0.25, 0.3) is 0 Å². The van der Waals surface area contributed by atoms with Gasteiger partial charge < -0.3 is 4.90 Å². The number of hydrogen-bond donors (Lipinski definition) is 0. The van der Waals surface area contributed by atoms with Crippen LogP contribution in [-0.2, 0) is 0 Å². The molecule has 0 radical (unpaired) electrons. The van der Waals surface area contributed by atoms with Crippen molar-refractivity contribution in [1.82, 2.24) is 4.90 Å². The van der Waals surface area contributed by atoms with E-state index in [1.165, 1.54) is 25.9 Å². The summed E-state index contributed by atoms with van der Waals surface area (Å²) in [7, 11) is 2.23. The highest BCUT2D eigenvalue weighted by atomic mass is 79.9. The zero-order chi connectivity index (χ0) is 11.2. The largest absolute Gasteiger partial charge is 0.306 e. The molecule has 1 unspecified atom stereocenters. The Balaban J connectivity index is 3.93. The first kappa shape index (κ1) is 14.4. The third-order valence-electron chi connectivity index (χ3n) is 2.84. The lowest BCUT2D eigenvalue weighted by atomic mass is 9.82. The van der Waals surface area contributed by atoms with Gasteiger partial charge in [-0.2, -0.15) is 0 Å². The van der Waals surface area contributed by atoms with Gasteiger partial charge in [0.1, 0.15) is 0 Å². The fourth-order valence-corrected chi connectivity index (χ4v) is 2.63. The highest BCUT2D eigenvalue weighted by Crippen LogP contribution is 2.27. The van der Waals surface area contributed by atoms with Crippen LogP contribution in [0.2, 0.25) is 0 Å². The predicted molar refractivity (Wildman–Crippen MR) is 69.1 cm³/mol. The minimum Gasteiger partial charge on any atom is -0.306 e. The number of rotatable bonds is 6. The molecule has 0 heterocycles. The molecule has 0 N–H and O–H groups in total. The molecular formula is C12H26BrN. The standard InChI is InChI=1S/C12H26BrN/c1-6-7-8-14(5)10-11(9-13)12(2,3)4/h11H,6-10H2,1-5H3. The zero-order valence-electron chi connectivity index (χ0n) is 10.4. The first-order valence-corrected chi connectivity index (χ1v) is 6.78. The molecule has 0 spiro atoms. The Labute approximate surface area is 98.4 Å². The number of alkyl halides is 1. The van der Waals surface area contributed by atoms with Crippen molar-refractivity contribution in [2.45, 2.75) is 40.5 Å². The van der Waals surface area contributed by atoms with E-state index in [0.717, 1.165) is 11.2 Å². The van der Waals surface area contributed by atoms with Crippen molar-refractivity contribution in [2.24, 2.45) is 11.3 Å². The number of unbranched alkanes of at least 4 members (excludes halogenated alkanes) is 1. The molecular weight excluding hydrogens is 238 g/mol. The second-order valence-corrected chi connectivity index (χ2v) is 5.98. The van der Waals surface area contributed by atoms with E-state index in [0.29, 0.717) is 5.41 Å². The van der Waals surface area contributed by atoms with Gasteiger partial charge >= 0.3 is 0 Å². The van der Waals surface area contributed by atoms with E-state index in [4.69, 9.17) is 0 Å². The SMILES string of the molecule is CCCCN(C)CC(CBr)C(C)(C)C. The lowest BCUT2D eigenvalue weighted by molar-refractivity contribution is 0.186. The van der Waals surface area contributed by atoms with Crippen molar-refractivity contribution < 1.29 is 0 Å². The van der Waals surface area contributed by atoms with Gasteiger partial charge in [-0.15, -0.1) is 0 Å². The fourth-order valence-electron chi connectivity index (χ4n) is 1.45. The van der Waals surface area contributed by atoms with Crippen LogP contribution in [0.15, 0.2) is 0 Å². The van der Waals surface area contributed by atoms with Gasteiger partial charge in [-0.3, -0.25) is 0 Å². The van der Waals surface area contributed by atoms with Gasteiger partial charge in [0, 0.05) is 11.9 Å². The van der Waals surface area contributed by atoms with Crippen molar-refractivity contribution in [3.8, 4) is 0 Å². The van der Waals surface area contributed by atoms with Crippen LogP contribution in [0.1, 0.15) is 40.5 Å². The van der Waals surface area contributed by atoms with Crippen LogP contribution >= 0.6 is 15.9 Å². The molecule has 0 amide bonds. The summed E-state index contributed by atoms with van der Waals surface area (Å²) in [6.45, 7) is 11.7. The van der Waals surface area contributed by atoms with Gasteiger partial charge in [0.05, 0.1) is 0 Å². The van der Waals surface area contributed by atoms with Crippen LogP contribution in [0.4, 0.5) is 0 Å². The summed E-state index contributed by atoms with van der Waals surface area (Å²) in [6.07, 6.45) is 2.61. The van der Waals surface area contributed by atoms with Gasteiger partial charge in [0.2, 0.25) is 0 Å². The summed E-state index contributed by atoms with van der Waals surface area (Å²) in [5.41, 5.74) is 0.407. The van der Waals surface area contributed by atoms with E-state index < -0.39 is 0 Å². The average molecular weight is 264 g/mol. The highest BCUT2D eigenvalue weighted by molar-refractivity contribution is 9.09.